The number of aryl methyl sites for hydroxylation is 1. The molecular weight excluding hydrogens is 653 g/mol. The second kappa shape index (κ2) is 12.4. The zero-order valence-corrected chi connectivity index (χ0v) is 28.7. The lowest BCUT2D eigenvalue weighted by Crippen LogP contribution is -2.45. The number of aromatic nitrogens is 3. The van der Waals surface area contributed by atoms with Crippen molar-refractivity contribution in [3.05, 3.63) is 94.8 Å². The summed E-state index contributed by atoms with van der Waals surface area (Å²) in [5, 5.41) is 18.0. The van der Waals surface area contributed by atoms with E-state index in [9.17, 15) is 14.7 Å². The van der Waals surface area contributed by atoms with Gasteiger partial charge in [0.15, 0.2) is 12.2 Å². The largest absolute Gasteiger partial charge is 0.482 e. The second-order valence-electron chi connectivity index (χ2n) is 13.2. The summed E-state index contributed by atoms with van der Waals surface area (Å²) in [6, 6.07) is 20.3. The van der Waals surface area contributed by atoms with Crippen LogP contribution < -0.4 is 14.5 Å². The van der Waals surface area contributed by atoms with Gasteiger partial charge in [-0.3, -0.25) is 19.2 Å². The first-order chi connectivity index (χ1) is 23.0. The molecule has 0 radical (unpaired) electrons. The van der Waals surface area contributed by atoms with Crippen molar-refractivity contribution in [2.24, 2.45) is 5.92 Å². The average Bonchev–Trinajstić information content (AvgIpc) is 3.70. The zero-order chi connectivity index (χ0) is 33.8. The number of para-hydroxylation sites is 2. The van der Waals surface area contributed by atoms with Gasteiger partial charge in [0.25, 0.3) is 11.8 Å². The lowest BCUT2D eigenvalue weighted by atomic mass is 9.82. The van der Waals surface area contributed by atoms with Gasteiger partial charge in [0, 0.05) is 53.5 Å². The van der Waals surface area contributed by atoms with Crippen LogP contribution in [0.5, 0.6) is 5.75 Å². The number of carbonyl (C=O) groups is 2. The third-order valence-corrected chi connectivity index (χ3v) is 12.4. The smallest absolute Gasteiger partial charge is 0.269 e. The van der Waals surface area contributed by atoms with Crippen LogP contribution in [0.4, 0.5) is 21.2 Å². The molecule has 1 spiro atoms. The van der Waals surface area contributed by atoms with E-state index in [1.165, 1.54) is 0 Å². The Hall–Kier alpha value is -4.10. The standard InChI is InChI=1S/C35H37ClFN5O5Si/c1-22-33(48(2,3)37)31(13-15-40-20-25(14-16-43)38-39-40)47-35(22)27-18-24(36)11-12-28(27)41(34(35)45)19-23-7-6-8-26(17-23)42-29-9-4-5-10-30(29)46-21-32(42)44/h4-12,17-18,20,22,31,33,43H,13-16,19,21H2,1-3H3/t22-,31+,33-,35+/m1/s1. The highest BCUT2D eigenvalue weighted by Crippen LogP contribution is 2.60. The predicted octanol–water partition coefficient (Wildman–Crippen LogP) is 5.94. The molecule has 1 fully saturated rings. The van der Waals surface area contributed by atoms with Crippen molar-refractivity contribution in [2.45, 2.75) is 63.2 Å². The van der Waals surface area contributed by atoms with Gasteiger partial charge < -0.3 is 23.6 Å². The van der Waals surface area contributed by atoms with Crippen LogP contribution in [0, 0.1) is 5.92 Å². The van der Waals surface area contributed by atoms with E-state index < -0.39 is 31.6 Å². The normalized spacial score (nSPS) is 23.5. The molecule has 7 rings (SSSR count). The summed E-state index contributed by atoms with van der Waals surface area (Å²) < 4.78 is 30.4. The SMILES string of the molecule is C[C@@H]1[C@@H]([Si](C)(C)F)[C@H](CCn2cc(CCO)nn2)O[C@@]12C(=O)N(Cc1cccc(N3C(=O)COc4ccccc43)c1)c1ccc(Cl)cc12. The molecule has 4 aromatic rings. The Labute approximate surface area is 284 Å². The monoisotopic (exact) mass is 689 g/mol. The number of aliphatic hydroxyl groups is 1. The molecule has 1 saturated heterocycles. The molecule has 1 N–H and O–H groups in total. The van der Waals surface area contributed by atoms with E-state index in [-0.39, 0.29) is 31.6 Å². The van der Waals surface area contributed by atoms with Gasteiger partial charge in [-0.05, 0) is 67.5 Å². The number of benzene rings is 3. The minimum absolute atomic E-state index is 0.0294. The highest BCUT2D eigenvalue weighted by Gasteiger charge is 2.66. The fourth-order valence-corrected chi connectivity index (χ4v) is 10.5. The van der Waals surface area contributed by atoms with Crippen molar-refractivity contribution in [1.82, 2.24) is 15.0 Å². The van der Waals surface area contributed by atoms with Crippen LogP contribution in [-0.2, 0) is 39.4 Å². The third kappa shape index (κ3) is 5.50. The molecule has 3 aliphatic heterocycles. The Balaban J connectivity index is 1.21. The molecule has 10 nitrogen and oxygen atoms in total. The Morgan fingerprint density at radius 1 is 1.08 bits per heavy atom. The Kier molecular flexibility index (Phi) is 8.39. The molecule has 0 unspecified atom stereocenters. The van der Waals surface area contributed by atoms with Crippen molar-refractivity contribution in [3.63, 3.8) is 0 Å². The average molecular weight is 690 g/mol. The molecule has 3 aliphatic rings. The van der Waals surface area contributed by atoms with Gasteiger partial charge in [-0.1, -0.05) is 48.0 Å². The summed E-state index contributed by atoms with van der Waals surface area (Å²) in [5.74, 6) is -0.309. The topological polar surface area (TPSA) is 110 Å². The summed E-state index contributed by atoms with van der Waals surface area (Å²) in [6.45, 7) is 5.78. The predicted molar refractivity (Wildman–Crippen MR) is 182 cm³/mol. The Morgan fingerprint density at radius 3 is 2.69 bits per heavy atom. The fraction of sp³-hybridized carbons (Fsp3) is 0.371. The van der Waals surface area contributed by atoms with E-state index >= 15 is 4.11 Å². The molecule has 2 amide bonds. The number of fused-ring (bicyclic) bond motifs is 3. The fourth-order valence-electron chi connectivity index (χ4n) is 7.74. The molecule has 3 aromatic carbocycles. The number of nitrogens with zero attached hydrogens (tertiary/aromatic N) is 5. The van der Waals surface area contributed by atoms with Crippen molar-refractivity contribution >= 4 is 48.9 Å². The van der Waals surface area contributed by atoms with Crippen molar-refractivity contribution < 1.29 is 28.3 Å². The first kappa shape index (κ1) is 32.4. The zero-order valence-electron chi connectivity index (χ0n) is 27.0. The molecule has 0 saturated carbocycles. The Bertz CT molecular complexity index is 1880. The van der Waals surface area contributed by atoms with E-state index in [1.807, 2.05) is 61.5 Å². The quantitative estimate of drug-likeness (QED) is 0.171. The number of ether oxygens (including phenoxy) is 2. The first-order valence-corrected chi connectivity index (χ1v) is 19.5. The van der Waals surface area contributed by atoms with E-state index in [0.29, 0.717) is 58.5 Å². The highest BCUT2D eigenvalue weighted by molar-refractivity contribution is 6.72. The van der Waals surface area contributed by atoms with Gasteiger partial charge in [0.1, 0.15) is 5.75 Å². The molecule has 4 atom stereocenters. The number of amides is 2. The maximum absolute atomic E-state index is 16.3. The van der Waals surface area contributed by atoms with Crippen LogP contribution in [-0.4, -0.2) is 59.6 Å². The van der Waals surface area contributed by atoms with Gasteiger partial charge in [0.2, 0.25) is 8.41 Å². The van der Waals surface area contributed by atoms with Gasteiger partial charge >= 0.3 is 0 Å². The lowest BCUT2D eigenvalue weighted by Gasteiger charge is -2.31. The van der Waals surface area contributed by atoms with Crippen LogP contribution in [0.2, 0.25) is 23.7 Å². The molecule has 250 valence electrons. The number of hydrogen-bond acceptors (Lipinski definition) is 7. The summed E-state index contributed by atoms with van der Waals surface area (Å²) in [6.07, 6.45) is 2.04. The maximum Gasteiger partial charge on any atom is 0.269 e. The van der Waals surface area contributed by atoms with E-state index in [4.69, 9.17) is 21.1 Å². The Morgan fingerprint density at radius 2 is 1.90 bits per heavy atom. The van der Waals surface area contributed by atoms with E-state index in [0.717, 1.165) is 5.56 Å². The molecular formula is C35H37ClFN5O5Si. The van der Waals surface area contributed by atoms with Gasteiger partial charge in [-0.25, -0.2) is 0 Å². The van der Waals surface area contributed by atoms with Gasteiger partial charge in [-0.15, -0.1) is 5.10 Å². The number of rotatable bonds is 9. The third-order valence-electron chi connectivity index (χ3n) is 9.74. The molecule has 48 heavy (non-hydrogen) atoms. The molecule has 13 heteroatoms. The van der Waals surface area contributed by atoms with Crippen LogP contribution in [0.25, 0.3) is 0 Å². The first-order valence-electron chi connectivity index (χ1n) is 16.1. The van der Waals surface area contributed by atoms with E-state index in [1.54, 1.807) is 45.9 Å². The maximum atomic E-state index is 16.3. The van der Waals surface area contributed by atoms with Crippen LogP contribution in [0.3, 0.4) is 0 Å². The highest BCUT2D eigenvalue weighted by atomic mass is 35.5. The minimum Gasteiger partial charge on any atom is -0.482 e. The molecule has 4 heterocycles. The number of anilines is 3. The number of halogens is 2. The van der Waals surface area contributed by atoms with Crippen molar-refractivity contribution in [2.75, 3.05) is 23.0 Å². The molecule has 0 bridgehead atoms. The number of hydrogen-bond donors (Lipinski definition) is 1. The summed E-state index contributed by atoms with van der Waals surface area (Å²) in [4.78, 5) is 31.2. The summed E-state index contributed by atoms with van der Waals surface area (Å²) >= 11 is 6.55. The number of carbonyl (C=O) groups excluding carboxylic acids is 2. The summed E-state index contributed by atoms with van der Waals surface area (Å²) in [5.41, 5.74) is 2.19. The van der Waals surface area contributed by atoms with Crippen molar-refractivity contribution in [3.8, 4) is 5.75 Å². The summed E-state index contributed by atoms with van der Waals surface area (Å²) in [7, 11) is -3.37. The minimum atomic E-state index is -3.37. The van der Waals surface area contributed by atoms with Crippen molar-refractivity contribution in [1.29, 1.82) is 0 Å². The number of aliphatic hydroxyl groups excluding tert-OH is 1. The van der Waals surface area contributed by atoms with E-state index in [2.05, 4.69) is 10.3 Å². The molecule has 1 aromatic heterocycles. The van der Waals surface area contributed by atoms with Gasteiger partial charge in [0.05, 0.1) is 29.7 Å². The van der Waals surface area contributed by atoms with Crippen LogP contribution in [0.15, 0.2) is 72.9 Å². The van der Waals surface area contributed by atoms with Crippen LogP contribution >= 0.6 is 11.6 Å². The molecule has 0 aliphatic carbocycles. The van der Waals surface area contributed by atoms with Gasteiger partial charge in [-0.2, -0.15) is 0 Å². The second-order valence-corrected chi connectivity index (χ2v) is 17.4. The van der Waals surface area contributed by atoms with Crippen LogP contribution in [0.1, 0.15) is 30.2 Å². The lowest BCUT2D eigenvalue weighted by molar-refractivity contribution is -0.146.